The Morgan fingerprint density at radius 2 is 1.78 bits per heavy atom. The molecule has 0 aliphatic rings. The highest BCUT2D eigenvalue weighted by atomic mass is 32.2. The molecule has 0 radical (unpaired) electrons. The molecule has 6 nitrogen and oxygen atoms in total. The molecule has 0 unspecified atom stereocenters. The molecule has 0 aliphatic heterocycles. The van der Waals surface area contributed by atoms with Gasteiger partial charge in [-0.15, -0.1) is 0 Å². The quantitative estimate of drug-likeness (QED) is 0.850. The number of methoxy groups -OCH3 is 1. The Balaban J connectivity index is 2.16. The lowest BCUT2D eigenvalue weighted by molar-refractivity contribution is 0.102. The Morgan fingerprint density at radius 1 is 1.09 bits per heavy atom. The molecule has 0 heterocycles. The first-order chi connectivity index (χ1) is 10.9. The van der Waals surface area contributed by atoms with Gasteiger partial charge in [0.15, 0.2) is 0 Å². The van der Waals surface area contributed by atoms with Crippen molar-refractivity contribution in [3.63, 3.8) is 0 Å². The van der Waals surface area contributed by atoms with E-state index >= 15 is 0 Å². The van der Waals surface area contributed by atoms with Crippen LogP contribution in [0.2, 0.25) is 0 Å². The molecule has 23 heavy (non-hydrogen) atoms. The van der Waals surface area contributed by atoms with Gasteiger partial charge in [-0.2, -0.15) is 0 Å². The normalized spacial score (nSPS) is 10.9. The van der Waals surface area contributed by atoms with Gasteiger partial charge in [-0.25, -0.2) is 8.42 Å². The third kappa shape index (κ3) is 4.72. The molecule has 0 saturated heterocycles. The first-order valence-electron chi connectivity index (χ1n) is 6.99. The predicted octanol–water partition coefficient (Wildman–Crippen LogP) is 2.71. The summed E-state index contributed by atoms with van der Waals surface area (Å²) in [5.41, 5.74) is 1.29. The fourth-order valence-electron chi connectivity index (χ4n) is 1.88. The smallest absolute Gasteiger partial charge is 0.255 e. The molecule has 0 bridgehead atoms. The van der Waals surface area contributed by atoms with E-state index in [-0.39, 0.29) is 11.7 Å². The van der Waals surface area contributed by atoms with Crippen LogP contribution in [0.25, 0.3) is 0 Å². The lowest BCUT2D eigenvalue weighted by Crippen LogP contribution is -2.16. The van der Waals surface area contributed by atoms with E-state index in [1.165, 1.54) is 6.07 Å². The summed E-state index contributed by atoms with van der Waals surface area (Å²) in [6.07, 6.45) is 0. The van der Waals surface area contributed by atoms with E-state index < -0.39 is 10.0 Å². The first-order valence-corrected chi connectivity index (χ1v) is 8.64. The van der Waals surface area contributed by atoms with E-state index in [0.717, 1.165) is 0 Å². The number of ether oxygens (including phenoxy) is 1. The van der Waals surface area contributed by atoms with Crippen molar-refractivity contribution in [2.75, 3.05) is 22.9 Å². The fourth-order valence-corrected chi connectivity index (χ4v) is 2.51. The van der Waals surface area contributed by atoms with E-state index in [9.17, 15) is 13.2 Å². The van der Waals surface area contributed by atoms with Gasteiger partial charge < -0.3 is 10.1 Å². The molecule has 0 fully saturated rings. The van der Waals surface area contributed by atoms with Crippen LogP contribution in [0.4, 0.5) is 11.4 Å². The second-order valence-corrected chi connectivity index (χ2v) is 6.78. The second-order valence-electron chi connectivity index (χ2n) is 4.77. The molecule has 122 valence electrons. The molecule has 0 saturated carbocycles. The average Bonchev–Trinajstić information content (AvgIpc) is 2.55. The molecule has 2 aromatic rings. The summed E-state index contributed by atoms with van der Waals surface area (Å²) in [5.74, 6) is 0.260. The first kappa shape index (κ1) is 16.8. The Morgan fingerprint density at radius 3 is 2.48 bits per heavy atom. The number of hydrogen-bond acceptors (Lipinski definition) is 4. The van der Waals surface area contributed by atoms with Gasteiger partial charge in [-0.1, -0.05) is 12.1 Å². The largest absolute Gasteiger partial charge is 0.497 e. The van der Waals surface area contributed by atoms with Crippen LogP contribution in [0.3, 0.4) is 0 Å². The zero-order valence-electron chi connectivity index (χ0n) is 12.9. The number of amides is 1. The number of benzene rings is 2. The molecule has 0 atom stereocenters. The SMILES string of the molecule is CCS(=O)(=O)Nc1cccc(C(=O)Nc2cccc(OC)c2)c1. The number of rotatable bonds is 6. The van der Waals surface area contributed by atoms with Crippen LogP contribution in [0.15, 0.2) is 48.5 Å². The van der Waals surface area contributed by atoms with Crippen LogP contribution < -0.4 is 14.8 Å². The minimum atomic E-state index is -3.38. The molecule has 2 rings (SSSR count). The van der Waals surface area contributed by atoms with Gasteiger partial charge in [-0.3, -0.25) is 9.52 Å². The number of carbonyl (C=O) groups is 1. The summed E-state index contributed by atoms with van der Waals surface area (Å²) < 4.78 is 30.7. The maximum absolute atomic E-state index is 12.3. The fraction of sp³-hybridized carbons (Fsp3) is 0.188. The number of hydrogen-bond donors (Lipinski definition) is 2. The van der Waals surface area contributed by atoms with Gasteiger partial charge in [0.05, 0.1) is 12.9 Å². The third-order valence-corrected chi connectivity index (χ3v) is 4.41. The summed E-state index contributed by atoms with van der Waals surface area (Å²) in [6.45, 7) is 1.54. The standard InChI is InChI=1S/C16H18N2O4S/c1-3-23(20,21)18-14-8-4-6-12(10-14)16(19)17-13-7-5-9-15(11-13)22-2/h4-11,18H,3H2,1-2H3,(H,17,19). The number of sulfonamides is 1. The van der Waals surface area contributed by atoms with Crippen molar-refractivity contribution < 1.29 is 17.9 Å². The molecule has 0 aliphatic carbocycles. The maximum atomic E-state index is 12.3. The molecule has 7 heteroatoms. The second kappa shape index (κ2) is 7.15. The van der Waals surface area contributed by atoms with Crippen molar-refractivity contribution in [1.82, 2.24) is 0 Å². The van der Waals surface area contributed by atoms with Crippen molar-refractivity contribution in [3.05, 3.63) is 54.1 Å². The van der Waals surface area contributed by atoms with Crippen LogP contribution in [-0.4, -0.2) is 27.2 Å². The highest BCUT2D eigenvalue weighted by Gasteiger charge is 2.10. The zero-order chi connectivity index (χ0) is 16.9. The van der Waals surface area contributed by atoms with E-state index in [4.69, 9.17) is 4.74 Å². The molecular weight excluding hydrogens is 316 g/mol. The topological polar surface area (TPSA) is 84.5 Å². The lowest BCUT2D eigenvalue weighted by atomic mass is 10.2. The lowest BCUT2D eigenvalue weighted by Gasteiger charge is -2.09. The minimum Gasteiger partial charge on any atom is -0.497 e. The van der Waals surface area contributed by atoms with E-state index in [0.29, 0.717) is 22.7 Å². The van der Waals surface area contributed by atoms with Crippen LogP contribution in [0.1, 0.15) is 17.3 Å². The third-order valence-electron chi connectivity index (χ3n) is 3.11. The Kier molecular flexibility index (Phi) is 5.23. The molecular formula is C16H18N2O4S. The van der Waals surface area contributed by atoms with E-state index in [1.54, 1.807) is 56.5 Å². The van der Waals surface area contributed by atoms with Crippen molar-refractivity contribution in [2.24, 2.45) is 0 Å². The summed E-state index contributed by atoms with van der Waals surface area (Å²) >= 11 is 0. The van der Waals surface area contributed by atoms with Gasteiger partial charge in [0.25, 0.3) is 5.91 Å². The van der Waals surface area contributed by atoms with Gasteiger partial charge in [0.1, 0.15) is 5.75 Å². The van der Waals surface area contributed by atoms with Crippen LogP contribution in [-0.2, 0) is 10.0 Å². The van der Waals surface area contributed by atoms with Gasteiger partial charge in [0, 0.05) is 23.0 Å². The van der Waals surface area contributed by atoms with Crippen molar-refractivity contribution in [3.8, 4) is 5.75 Å². The predicted molar refractivity (Wildman–Crippen MR) is 90.5 cm³/mol. The molecule has 2 N–H and O–H groups in total. The van der Waals surface area contributed by atoms with Gasteiger partial charge >= 0.3 is 0 Å². The molecule has 0 aromatic heterocycles. The molecule has 1 amide bonds. The molecule has 0 spiro atoms. The van der Waals surface area contributed by atoms with Crippen LogP contribution >= 0.6 is 0 Å². The van der Waals surface area contributed by atoms with Crippen LogP contribution in [0, 0.1) is 0 Å². The summed E-state index contributed by atoms with van der Waals surface area (Å²) in [6, 6.07) is 13.3. The Hall–Kier alpha value is -2.54. The van der Waals surface area contributed by atoms with Crippen molar-refractivity contribution in [1.29, 1.82) is 0 Å². The number of anilines is 2. The Bertz CT molecular complexity index is 803. The highest BCUT2D eigenvalue weighted by molar-refractivity contribution is 7.92. The monoisotopic (exact) mass is 334 g/mol. The number of carbonyl (C=O) groups excluding carboxylic acids is 1. The highest BCUT2D eigenvalue weighted by Crippen LogP contribution is 2.18. The van der Waals surface area contributed by atoms with Crippen molar-refractivity contribution in [2.45, 2.75) is 6.92 Å². The van der Waals surface area contributed by atoms with E-state index in [1.807, 2.05) is 0 Å². The summed E-state index contributed by atoms with van der Waals surface area (Å²) in [5, 5.41) is 2.74. The van der Waals surface area contributed by atoms with Gasteiger partial charge in [-0.05, 0) is 37.3 Å². The summed E-state index contributed by atoms with van der Waals surface area (Å²) in [4.78, 5) is 12.3. The van der Waals surface area contributed by atoms with Gasteiger partial charge in [0.2, 0.25) is 10.0 Å². The summed E-state index contributed by atoms with van der Waals surface area (Å²) in [7, 11) is -1.84. The van der Waals surface area contributed by atoms with Crippen LogP contribution in [0.5, 0.6) is 5.75 Å². The maximum Gasteiger partial charge on any atom is 0.255 e. The average molecular weight is 334 g/mol. The number of nitrogens with one attached hydrogen (secondary N) is 2. The minimum absolute atomic E-state index is 0.0345. The zero-order valence-corrected chi connectivity index (χ0v) is 13.7. The van der Waals surface area contributed by atoms with E-state index in [2.05, 4.69) is 10.0 Å². The Labute approximate surface area is 135 Å². The van der Waals surface area contributed by atoms with Crippen molar-refractivity contribution >= 4 is 27.3 Å². The molecule has 2 aromatic carbocycles.